The summed E-state index contributed by atoms with van der Waals surface area (Å²) in [7, 11) is 2.04. The Morgan fingerprint density at radius 2 is 1.90 bits per heavy atom. The van der Waals surface area contributed by atoms with Gasteiger partial charge in [0.25, 0.3) is 11.8 Å². The number of carbonyl (C=O) groups excluding carboxylic acids is 4. The second-order valence-electron chi connectivity index (χ2n) is 12.7. The SMILES string of the molecule is CCC(C)[C@H]1C(=O)N2CCC[C@@H]2C(=O)N1C(=O)C(NC(=O)[C@@H]1C=C2c3cccc4[nH]cc(c34)CC2N(C)C1)C(C)C. The Balaban J connectivity index is 1.29. The molecule has 6 atom stereocenters. The molecule has 2 N–H and O–H groups in total. The van der Waals surface area contributed by atoms with Crippen LogP contribution < -0.4 is 5.32 Å². The van der Waals surface area contributed by atoms with Crippen molar-refractivity contribution in [2.24, 2.45) is 17.8 Å². The van der Waals surface area contributed by atoms with Crippen LogP contribution in [0.4, 0.5) is 0 Å². The van der Waals surface area contributed by atoms with E-state index < -0.39 is 30.0 Å². The molecule has 2 aromatic rings. The number of piperazine rings is 1. The number of nitrogens with one attached hydrogen (secondary N) is 2. The van der Waals surface area contributed by atoms with E-state index in [1.54, 1.807) is 4.90 Å². The number of nitrogens with zero attached hydrogens (tertiary/aromatic N) is 3. The third-order valence-electron chi connectivity index (χ3n) is 9.85. The second kappa shape index (κ2) is 10.4. The highest BCUT2D eigenvalue weighted by Crippen LogP contribution is 2.41. The summed E-state index contributed by atoms with van der Waals surface area (Å²) in [6.45, 7) is 8.70. The number of benzene rings is 1. The fourth-order valence-electron chi connectivity index (χ4n) is 7.37. The Morgan fingerprint density at radius 1 is 1.12 bits per heavy atom. The molecule has 1 aromatic carbocycles. The number of fused-ring (bicyclic) bond motifs is 3. The third kappa shape index (κ3) is 4.40. The van der Waals surface area contributed by atoms with Crippen LogP contribution in [0.25, 0.3) is 16.5 Å². The van der Waals surface area contributed by atoms with Crippen molar-refractivity contribution in [3.8, 4) is 0 Å². The zero-order valence-corrected chi connectivity index (χ0v) is 24.6. The molecule has 2 saturated heterocycles. The average molecular weight is 560 g/mol. The summed E-state index contributed by atoms with van der Waals surface area (Å²) < 4.78 is 0. The molecule has 1 aromatic heterocycles. The van der Waals surface area contributed by atoms with Crippen molar-refractivity contribution in [1.29, 1.82) is 0 Å². The Bertz CT molecular complexity index is 1440. The van der Waals surface area contributed by atoms with Gasteiger partial charge in [-0.05, 0) is 60.9 Å². The first kappa shape index (κ1) is 27.7. The van der Waals surface area contributed by atoms with Gasteiger partial charge in [0, 0.05) is 36.2 Å². The van der Waals surface area contributed by atoms with E-state index in [1.807, 2.05) is 40.8 Å². The first-order chi connectivity index (χ1) is 19.6. The summed E-state index contributed by atoms with van der Waals surface area (Å²) >= 11 is 0. The molecular formula is C32H41N5O4. The number of aromatic nitrogens is 1. The average Bonchev–Trinajstić information content (AvgIpc) is 3.62. The Kier molecular flexibility index (Phi) is 7.04. The molecule has 2 fully saturated rings. The van der Waals surface area contributed by atoms with Crippen molar-refractivity contribution in [1.82, 2.24) is 25.0 Å². The van der Waals surface area contributed by atoms with Gasteiger partial charge >= 0.3 is 0 Å². The first-order valence-electron chi connectivity index (χ1n) is 15.1. The maximum absolute atomic E-state index is 14.2. The van der Waals surface area contributed by atoms with Crippen LogP contribution in [0.15, 0.2) is 30.5 Å². The van der Waals surface area contributed by atoms with E-state index in [9.17, 15) is 19.2 Å². The van der Waals surface area contributed by atoms with Gasteiger partial charge in [-0.2, -0.15) is 0 Å². The van der Waals surface area contributed by atoms with Gasteiger partial charge in [-0.15, -0.1) is 0 Å². The maximum atomic E-state index is 14.2. The molecule has 218 valence electrons. The minimum absolute atomic E-state index is 0.149. The first-order valence-corrected chi connectivity index (χ1v) is 15.1. The monoisotopic (exact) mass is 559 g/mol. The normalized spacial score (nSPS) is 27.5. The van der Waals surface area contributed by atoms with Crippen LogP contribution in [-0.4, -0.2) is 87.6 Å². The van der Waals surface area contributed by atoms with Crippen molar-refractivity contribution in [3.05, 3.63) is 41.6 Å². The quantitative estimate of drug-likeness (QED) is 0.566. The summed E-state index contributed by atoms with van der Waals surface area (Å²) in [5, 5.41) is 4.24. The van der Waals surface area contributed by atoms with Crippen LogP contribution in [0, 0.1) is 17.8 Å². The Hall–Kier alpha value is -3.46. The van der Waals surface area contributed by atoms with Crippen LogP contribution >= 0.6 is 0 Å². The molecule has 0 spiro atoms. The van der Waals surface area contributed by atoms with Crippen LogP contribution in [0.1, 0.15) is 58.1 Å². The van der Waals surface area contributed by atoms with Crippen molar-refractivity contribution in [3.63, 3.8) is 0 Å². The number of hydrogen-bond donors (Lipinski definition) is 2. The van der Waals surface area contributed by atoms with Gasteiger partial charge in [0.15, 0.2) is 0 Å². The van der Waals surface area contributed by atoms with Crippen LogP contribution in [0.2, 0.25) is 0 Å². The smallest absolute Gasteiger partial charge is 0.252 e. The molecule has 41 heavy (non-hydrogen) atoms. The number of imide groups is 1. The fourth-order valence-corrected chi connectivity index (χ4v) is 7.37. The third-order valence-corrected chi connectivity index (χ3v) is 9.85. The minimum Gasteiger partial charge on any atom is -0.361 e. The van der Waals surface area contributed by atoms with Gasteiger partial charge in [-0.3, -0.25) is 29.0 Å². The molecule has 4 heterocycles. The lowest BCUT2D eigenvalue weighted by molar-refractivity contribution is -0.169. The van der Waals surface area contributed by atoms with Gasteiger partial charge < -0.3 is 15.2 Å². The van der Waals surface area contributed by atoms with E-state index >= 15 is 0 Å². The van der Waals surface area contributed by atoms with Crippen LogP contribution in [-0.2, 0) is 25.6 Å². The van der Waals surface area contributed by atoms with Crippen molar-refractivity contribution >= 4 is 40.1 Å². The lowest BCUT2D eigenvalue weighted by Gasteiger charge is -2.45. The summed E-state index contributed by atoms with van der Waals surface area (Å²) in [5.41, 5.74) is 4.66. The number of hydrogen-bond acceptors (Lipinski definition) is 5. The highest BCUT2D eigenvalue weighted by atomic mass is 16.2. The Morgan fingerprint density at radius 3 is 2.63 bits per heavy atom. The predicted octanol–water partition coefficient (Wildman–Crippen LogP) is 2.95. The molecule has 1 aliphatic carbocycles. The zero-order valence-electron chi connectivity index (χ0n) is 24.6. The van der Waals surface area contributed by atoms with Crippen LogP contribution in [0.3, 0.4) is 0 Å². The van der Waals surface area contributed by atoms with E-state index in [0.29, 0.717) is 25.9 Å². The molecule has 6 rings (SSSR count). The highest BCUT2D eigenvalue weighted by Gasteiger charge is 2.53. The molecule has 4 aliphatic rings. The van der Waals surface area contributed by atoms with Gasteiger partial charge in [0.1, 0.15) is 18.1 Å². The molecular weight excluding hydrogens is 518 g/mol. The van der Waals surface area contributed by atoms with Crippen molar-refractivity contribution in [2.75, 3.05) is 20.1 Å². The molecule has 0 saturated carbocycles. The molecule has 9 heteroatoms. The minimum atomic E-state index is -0.911. The van der Waals surface area contributed by atoms with E-state index in [2.05, 4.69) is 39.6 Å². The molecule has 4 amide bonds. The van der Waals surface area contributed by atoms with Crippen molar-refractivity contribution < 1.29 is 19.2 Å². The summed E-state index contributed by atoms with van der Waals surface area (Å²) in [4.78, 5) is 63.7. The van der Waals surface area contributed by atoms with E-state index in [-0.39, 0.29) is 35.6 Å². The maximum Gasteiger partial charge on any atom is 0.252 e. The number of H-pyrrole nitrogens is 1. The lowest BCUT2D eigenvalue weighted by Crippen LogP contribution is -2.68. The highest BCUT2D eigenvalue weighted by molar-refractivity contribution is 6.09. The number of rotatable bonds is 6. The van der Waals surface area contributed by atoms with Gasteiger partial charge in [0.05, 0.1) is 5.92 Å². The summed E-state index contributed by atoms with van der Waals surface area (Å²) in [5.74, 6) is -2.06. The molecule has 3 aliphatic heterocycles. The molecule has 3 unspecified atom stereocenters. The fraction of sp³-hybridized carbons (Fsp3) is 0.562. The molecule has 9 nitrogen and oxygen atoms in total. The van der Waals surface area contributed by atoms with E-state index in [1.165, 1.54) is 15.8 Å². The number of carbonyl (C=O) groups is 4. The predicted molar refractivity (Wildman–Crippen MR) is 156 cm³/mol. The zero-order chi connectivity index (χ0) is 29.2. The molecule has 0 radical (unpaired) electrons. The summed E-state index contributed by atoms with van der Waals surface area (Å²) in [6.07, 6.45) is 7.01. The number of amides is 4. The van der Waals surface area contributed by atoms with E-state index in [4.69, 9.17) is 0 Å². The number of likely N-dealkylation sites (N-methyl/N-ethyl adjacent to an activating group) is 1. The Labute approximate surface area is 241 Å². The standard InChI is InChI=1S/C32H41N5O4/c1-6-18(4)28-32(41)36-12-8-11-24(36)30(39)37(28)31(40)27(17(2)3)34-29(38)20-13-22-21-9-7-10-23-26(21)19(15-33-23)14-25(22)35(5)16-20/h7,9-10,13,15,17-18,20,24-25,27-28,33H,6,8,11-12,14,16H2,1-5H3,(H,34,38)/t18?,20-,24-,25?,27?,28+/m1/s1. The molecule has 0 bridgehead atoms. The van der Waals surface area contributed by atoms with Crippen molar-refractivity contribution in [2.45, 2.75) is 77.5 Å². The number of aromatic amines is 1. The van der Waals surface area contributed by atoms with Gasteiger partial charge in [0.2, 0.25) is 11.8 Å². The lowest BCUT2D eigenvalue weighted by atomic mass is 9.79. The topological polar surface area (TPSA) is 106 Å². The summed E-state index contributed by atoms with van der Waals surface area (Å²) in [6, 6.07) is 4.07. The van der Waals surface area contributed by atoms with Gasteiger partial charge in [-0.1, -0.05) is 52.3 Å². The second-order valence-corrected chi connectivity index (χ2v) is 12.7. The van der Waals surface area contributed by atoms with E-state index in [0.717, 1.165) is 29.5 Å². The largest absolute Gasteiger partial charge is 0.361 e. The van der Waals surface area contributed by atoms with Gasteiger partial charge in [-0.25, -0.2) is 0 Å². The van der Waals surface area contributed by atoms with Crippen LogP contribution in [0.5, 0.6) is 0 Å².